The number of aromatic nitrogens is 2. The second-order valence-corrected chi connectivity index (χ2v) is 5.22. The number of nitrogen functional groups attached to an aromatic ring is 1. The minimum atomic E-state index is -0.558. The third-order valence-electron chi connectivity index (χ3n) is 3.88. The maximum absolute atomic E-state index is 10.7. The molecule has 2 heterocycles. The molecule has 1 aromatic rings. The van der Waals surface area contributed by atoms with Crippen LogP contribution in [-0.4, -0.2) is 28.0 Å². The second-order valence-electron chi connectivity index (χ2n) is 5.22. The van der Waals surface area contributed by atoms with Crippen LogP contribution in [0.15, 0.2) is 6.20 Å². The first kappa shape index (κ1) is 11.2. The predicted molar refractivity (Wildman–Crippen MR) is 66.2 cm³/mol. The number of nitrogens with two attached hydrogens (primary N) is 1. The highest BCUT2D eigenvalue weighted by atomic mass is 16.6. The number of nitro groups is 1. The Labute approximate surface area is 104 Å². The molecule has 7 nitrogen and oxygen atoms in total. The zero-order valence-electron chi connectivity index (χ0n) is 10.0. The van der Waals surface area contributed by atoms with Crippen molar-refractivity contribution in [1.82, 2.24) is 9.97 Å². The summed E-state index contributed by atoms with van der Waals surface area (Å²) in [5.41, 5.74) is 5.82. The van der Waals surface area contributed by atoms with E-state index in [1.165, 1.54) is 25.5 Å². The normalized spacial score (nSPS) is 21.0. The zero-order valence-corrected chi connectivity index (χ0v) is 10.0. The molecular formula is C11H15N5O2. The fourth-order valence-corrected chi connectivity index (χ4v) is 2.64. The molecule has 2 fully saturated rings. The highest BCUT2D eigenvalue weighted by Gasteiger charge is 2.45. The number of anilines is 2. The molecule has 0 radical (unpaired) electrons. The Kier molecular flexibility index (Phi) is 2.36. The first-order valence-corrected chi connectivity index (χ1v) is 6.12. The van der Waals surface area contributed by atoms with Crippen LogP contribution in [0.5, 0.6) is 0 Å². The lowest BCUT2D eigenvalue weighted by molar-refractivity contribution is -0.384. The van der Waals surface area contributed by atoms with Crippen LogP contribution < -0.4 is 10.6 Å². The summed E-state index contributed by atoms with van der Waals surface area (Å²) < 4.78 is 0. The van der Waals surface area contributed by atoms with Gasteiger partial charge in [-0.05, 0) is 31.1 Å². The van der Waals surface area contributed by atoms with Gasteiger partial charge >= 0.3 is 5.69 Å². The van der Waals surface area contributed by atoms with Gasteiger partial charge in [0, 0.05) is 13.1 Å². The fraction of sp³-hybridized carbons (Fsp3) is 0.636. The third kappa shape index (κ3) is 1.85. The van der Waals surface area contributed by atoms with Gasteiger partial charge in [-0.25, -0.2) is 4.98 Å². The number of nitrogens with zero attached hydrogens (tertiary/aromatic N) is 4. The largest absolute Gasteiger partial charge is 0.378 e. The number of hydrogen-bond acceptors (Lipinski definition) is 6. The van der Waals surface area contributed by atoms with Crippen LogP contribution in [0.4, 0.5) is 17.5 Å². The van der Waals surface area contributed by atoms with Gasteiger partial charge in [-0.1, -0.05) is 0 Å². The maximum atomic E-state index is 10.7. The van der Waals surface area contributed by atoms with Gasteiger partial charge < -0.3 is 10.6 Å². The van der Waals surface area contributed by atoms with Gasteiger partial charge in [0.2, 0.25) is 11.8 Å². The van der Waals surface area contributed by atoms with E-state index in [4.69, 9.17) is 5.73 Å². The van der Waals surface area contributed by atoms with Crippen molar-refractivity contribution in [3.05, 3.63) is 16.3 Å². The summed E-state index contributed by atoms with van der Waals surface area (Å²) in [6.07, 6.45) is 6.13. The summed E-state index contributed by atoms with van der Waals surface area (Å²) in [6, 6.07) is 0. The van der Waals surface area contributed by atoms with Crippen molar-refractivity contribution < 1.29 is 4.92 Å². The molecular weight excluding hydrogens is 234 g/mol. The Morgan fingerprint density at radius 2 is 2.22 bits per heavy atom. The van der Waals surface area contributed by atoms with Crippen molar-refractivity contribution in [3.63, 3.8) is 0 Å². The lowest BCUT2D eigenvalue weighted by Crippen LogP contribution is -2.37. The number of hydrogen-bond donors (Lipinski definition) is 1. The molecule has 1 saturated heterocycles. The third-order valence-corrected chi connectivity index (χ3v) is 3.88. The van der Waals surface area contributed by atoms with Crippen molar-refractivity contribution in [1.29, 1.82) is 0 Å². The molecule has 0 atom stereocenters. The highest BCUT2D eigenvalue weighted by Crippen LogP contribution is 2.52. The van der Waals surface area contributed by atoms with E-state index in [0.29, 0.717) is 11.4 Å². The smallest absolute Gasteiger partial charge is 0.329 e. The van der Waals surface area contributed by atoms with Crippen LogP contribution in [0, 0.1) is 15.5 Å². The molecule has 2 aliphatic rings. The quantitative estimate of drug-likeness (QED) is 0.627. The van der Waals surface area contributed by atoms with Gasteiger partial charge in [0.25, 0.3) is 0 Å². The van der Waals surface area contributed by atoms with Gasteiger partial charge in [0.1, 0.15) is 6.20 Å². The van der Waals surface area contributed by atoms with Crippen LogP contribution in [0.3, 0.4) is 0 Å². The first-order valence-electron chi connectivity index (χ1n) is 6.12. The Balaban J connectivity index is 1.83. The second kappa shape index (κ2) is 3.79. The van der Waals surface area contributed by atoms with Gasteiger partial charge in [-0.2, -0.15) is 4.98 Å². The first-order chi connectivity index (χ1) is 8.60. The van der Waals surface area contributed by atoms with Crippen molar-refractivity contribution in [2.75, 3.05) is 23.7 Å². The Morgan fingerprint density at radius 1 is 1.44 bits per heavy atom. The van der Waals surface area contributed by atoms with Gasteiger partial charge in [0.15, 0.2) is 0 Å². The summed E-state index contributed by atoms with van der Waals surface area (Å²) in [7, 11) is 0. The number of piperidine rings is 1. The van der Waals surface area contributed by atoms with E-state index < -0.39 is 4.92 Å². The topological polar surface area (TPSA) is 98.2 Å². The van der Waals surface area contributed by atoms with E-state index in [9.17, 15) is 10.1 Å². The Bertz CT molecular complexity index is 500. The van der Waals surface area contributed by atoms with E-state index in [2.05, 4.69) is 14.9 Å². The Morgan fingerprint density at radius 3 is 2.83 bits per heavy atom. The molecule has 1 aliphatic heterocycles. The van der Waals surface area contributed by atoms with Crippen LogP contribution in [0.25, 0.3) is 0 Å². The number of rotatable bonds is 2. The van der Waals surface area contributed by atoms with Crippen molar-refractivity contribution in [2.24, 2.45) is 5.41 Å². The fourth-order valence-electron chi connectivity index (χ4n) is 2.64. The molecule has 0 unspecified atom stereocenters. The van der Waals surface area contributed by atoms with E-state index in [-0.39, 0.29) is 11.5 Å². The van der Waals surface area contributed by atoms with E-state index in [1.807, 2.05) is 0 Å². The minimum absolute atomic E-state index is 0.0552. The van der Waals surface area contributed by atoms with Gasteiger partial charge in [0.05, 0.1) is 4.92 Å². The summed E-state index contributed by atoms with van der Waals surface area (Å²) in [5.74, 6) is 0.462. The molecule has 0 amide bonds. The molecule has 7 heteroatoms. The lowest BCUT2D eigenvalue weighted by Gasteiger charge is -2.32. The van der Waals surface area contributed by atoms with Crippen molar-refractivity contribution in [2.45, 2.75) is 25.7 Å². The van der Waals surface area contributed by atoms with Gasteiger partial charge in [-0.15, -0.1) is 0 Å². The minimum Gasteiger partial charge on any atom is -0.378 e. The van der Waals surface area contributed by atoms with Crippen LogP contribution >= 0.6 is 0 Å². The molecule has 0 aromatic carbocycles. The van der Waals surface area contributed by atoms with Crippen LogP contribution in [0.1, 0.15) is 25.7 Å². The molecule has 1 spiro atoms. The average molecular weight is 249 g/mol. The average Bonchev–Trinajstić information content (AvgIpc) is 3.08. The molecule has 1 aromatic heterocycles. The SMILES string of the molecule is Nc1nc(N2CCCC3(CC3)C2)ncc1[N+](=O)[O-]. The molecule has 96 valence electrons. The van der Waals surface area contributed by atoms with E-state index >= 15 is 0 Å². The Hall–Kier alpha value is -1.92. The van der Waals surface area contributed by atoms with E-state index in [0.717, 1.165) is 19.5 Å². The molecule has 1 aliphatic carbocycles. The standard InChI is InChI=1S/C11H15N5O2/c12-9-8(16(17)18)6-13-10(14-9)15-5-1-2-11(7-15)3-4-11/h6H,1-5,7H2,(H2,12,13,14). The lowest BCUT2D eigenvalue weighted by atomic mass is 9.95. The van der Waals surface area contributed by atoms with Crippen molar-refractivity contribution >= 4 is 17.5 Å². The summed E-state index contributed by atoms with van der Waals surface area (Å²) in [6.45, 7) is 1.85. The van der Waals surface area contributed by atoms with Gasteiger partial charge in [-0.3, -0.25) is 10.1 Å². The summed E-state index contributed by atoms with van der Waals surface area (Å²) in [4.78, 5) is 20.3. The predicted octanol–water partition coefficient (Wildman–Crippen LogP) is 1.35. The van der Waals surface area contributed by atoms with Crippen molar-refractivity contribution in [3.8, 4) is 0 Å². The molecule has 18 heavy (non-hydrogen) atoms. The summed E-state index contributed by atoms with van der Waals surface area (Å²) >= 11 is 0. The summed E-state index contributed by atoms with van der Waals surface area (Å²) in [5, 5.41) is 10.7. The van der Waals surface area contributed by atoms with Crippen LogP contribution in [0.2, 0.25) is 0 Å². The molecule has 3 rings (SSSR count). The highest BCUT2D eigenvalue weighted by molar-refractivity contribution is 5.54. The molecule has 2 N–H and O–H groups in total. The molecule has 0 bridgehead atoms. The van der Waals surface area contributed by atoms with Crippen LogP contribution in [-0.2, 0) is 0 Å². The zero-order chi connectivity index (χ0) is 12.8. The monoisotopic (exact) mass is 249 g/mol. The molecule has 1 saturated carbocycles. The maximum Gasteiger partial charge on any atom is 0.329 e. The van der Waals surface area contributed by atoms with E-state index in [1.54, 1.807) is 0 Å².